The number of pyridine rings is 1. The molecule has 1 aromatic heterocycles. The summed E-state index contributed by atoms with van der Waals surface area (Å²) in [6.07, 6.45) is -1.11. The van der Waals surface area contributed by atoms with Crippen LogP contribution in [0.4, 0.5) is 8.78 Å². The molecule has 5 heteroatoms. The van der Waals surface area contributed by atoms with Gasteiger partial charge in [-0.25, -0.2) is 13.8 Å². The Hall–Kier alpha value is 0.0300. The zero-order chi connectivity index (χ0) is 8.43. The van der Waals surface area contributed by atoms with E-state index in [4.69, 9.17) is 11.6 Å². The van der Waals surface area contributed by atoms with Crippen LogP contribution in [-0.4, -0.2) is 4.98 Å². The van der Waals surface area contributed by atoms with Crippen LogP contribution in [0.5, 0.6) is 0 Å². The third-order valence-electron chi connectivity index (χ3n) is 1.07. The molecule has 0 saturated heterocycles. The molecule has 0 aliphatic carbocycles. The summed E-state index contributed by atoms with van der Waals surface area (Å²) in [4.78, 5) is 3.58. The van der Waals surface area contributed by atoms with Crippen molar-refractivity contribution in [2.45, 2.75) is 6.43 Å². The van der Waals surface area contributed by atoms with Crippen LogP contribution in [0.2, 0.25) is 5.15 Å². The lowest BCUT2D eigenvalue weighted by atomic mass is 10.3. The molecular formula is C6H3ClF2IN. The molecule has 0 bridgehead atoms. The van der Waals surface area contributed by atoms with Crippen LogP contribution in [0.15, 0.2) is 12.3 Å². The monoisotopic (exact) mass is 289 g/mol. The van der Waals surface area contributed by atoms with Crippen molar-refractivity contribution in [2.75, 3.05) is 0 Å². The van der Waals surface area contributed by atoms with Crippen LogP contribution >= 0.6 is 34.2 Å². The fraction of sp³-hybridized carbons (Fsp3) is 0.167. The zero-order valence-corrected chi connectivity index (χ0v) is 8.10. The molecule has 0 aliphatic rings. The van der Waals surface area contributed by atoms with Gasteiger partial charge in [0, 0.05) is 9.77 Å². The molecule has 0 atom stereocenters. The fourth-order valence-corrected chi connectivity index (χ4v) is 1.25. The number of hydrogen-bond donors (Lipinski definition) is 0. The van der Waals surface area contributed by atoms with E-state index in [1.807, 2.05) is 22.6 Å². The zero-order valence-electron chi connectivity index (χ0n) is 5.19. The quantitative estimate of drug-likeness (QED) is 0.571. The third kappa shape index (κ3) is 2.23. The molecule has 11 heavy (non-hydrogen) atoms. The number of nitrogens with zero attached hydrogens (tertiary/aromatic N) is 1. The molecule has 1 nitrogen and oxygen atoms in total. The van der Waals surface area contributed by atoms with Gasteiger partial charge in [0.15, 0.2) is 0 Å². The topological polar surface area (TPSA) is 12.9 Å². The SMILES string of the molecule is FC(F)c1cc(I)cnc1Cl. The minimum Gasteiger partial charge on any atom is -0.243 e. The van der Waals surface area contributed by atoms with Crippen molar-refractivity contribution in [3.05, 3.63) is 26.5 Å². The summed E-state index contributed by atoms with van der Waals surface area (Å²) < 4.78 is 24.8. The molecule has 1 rings (SSSR count). The molecule has 0 saturated carbocycles. The first-order valence-electron chi connectivity index (χ1n) is 2.70. The first-order chi connectivity index (χ1) is 5.11. The van der Waals surface area contributed by atoms with Gasteiger partial charge in [0.05, 0.1) is 5.56 Å². The van der Waals surface area contributed by atoms with E-state index in [1.165, 1.54) is 12.3 Å². The van der Waals surface area contributed by atoms with Gasteiger partial charge in [-0.1, -0.05) is 11.6 Å². The van der Waals surface area contributed by atoms with Crippen molar-refractivity contribution >= 4 is 34.2 Å². The van der Waals surface area contributed by atoms with Crippen LogP contribution in [0.1, 0.15) is 12.0 Å². The summed E-state index contributed by atoms with van der Waals surface area (Å²) in [5, 5.41) is -0.125. The Morgan fingerprint density at radius 1 is 1.55 bits per heavy atom. The van der Waals surface area contributed by atoms with Gasteiger partial charge in [-0.05, 0) is 28.7 Å². The molecule has 0 unspecified atom stereocenters. The van der Waals surface area contributed by atoms with Gasteiger partial charge in [0.1, 0.15) is 5.15 Å². The third-order valence-corrected chi connectivity index (χ3v) is 1.97. The highest BCUT2D eigenvalue weighted by Crippen LogP contribution is 2.25. The Balaban J connectivity index is 3.13. The highest BCUT2D eigenvalue weighted by molar-refractivity contribution is 14.1. The maximum atomic E-state index is 12.1. The molecule has 0 N–H and O–H groups in total. The van der Waals surface area contributed by atoms with E-state index in [0.29, 0.717) is 3.57 Å². The molecule has 0 aliphatic heterocycles. The van der Waals surface area contributed by atoms with Crippen LogP contribution in [0, 0.1) is 3.57 Å². The molecule has 0 spiro atoms. The number of aromatic nitrogens is 1. The van der Waals surface area contributed by atoms with Crippen LogP contribution < -0.4 is 0 Å². The highest BCUT2D eigenvalue weighted by atomic mass is 127. The van der Waals surface area contributed by atoms with Crippen LogP contribution in [0.25, 0.3) is 0 Å². The molecule has 60 valence electrons. The molecule has 1 heterocycles. The summed E-state index contributed by atoms with van der Waals surface area (Å²) in [5.41, 5.74) is -0.210. The van der Waals surface area contributed by atoms with E-state index in [-0.39, 0.29) is 10.7 Å². The highest BCUT2D eigenvalue weighted by Gasteiger charge is 2.12. The normalized spacial score (nSPS) is 10.6. The van der Waals surface area contributed by atoms with Gasteiger partial charge in [0.2, 0.25) is 0 Å². The van der Waals surface area contributed by atoms with Gasteiger partial charge in [0.25, 0.3) is 6.43 Å². The lowest BCUT2D eigenvalue weighted by Gasteiger charge is -2.00. The Morgan fingerprint density at radius 3 is 2.64 bits per heavy atom. The van der Waals surface area contributed by atoms with Crippen molar-refractivity contribution in [3.8, 4) is 0 Å². The Morgan fingerprint density at radius 2 is 2.18 bits per heavy atom. The van der Waals surface area contributed by atoms with Crippen molar-refractivity contribution < 1.29 is 8.78 Å². The molecule has 1 aromatic rings. The first kappa shape index (κ1) is 9.12. The number of rotatable bonds is 1. The van der Waals surface area contributed by atoms with E-state index >= 15 is 0 Å². The summed E-state index contributed by atoms with van der Waals surface area (Å²) in [5.74, 6) is 0. The predicted octanol–water partition coefficient (Wildman–Crippen LogP) is 3.28. The molecule has 0 amide bonds. The Labute approximate surface area is 80.9 Å². The van der Waals surface area contributed by atoms with Crippen molar-refractivity contribution in [2.24, 2.45) is 0 Å². The lowest BCUT2D eigenvalue weighted by Crippen LogP contribution is -1.89. The van der Waals surface area contributed by atoms with Gasteiger partial charge >= 0.3 is 0 Å². The van der Waals surface area contributed by atoms with Crippen molar-refractivity contribution in [1.29, 1.82) is 0 Å². The minimum atomic E-state index is -2.55. The van der Waals surface area contributed by atoms with Gasteiger partial charge in [-0.2, -0.15) is 0 Å². The maximum absolute atomic E-state index is 12.1. The summed E-state index contributed by atoms with van der Waals surface area (Å²) in [6.45, 7) is 0. The summed E-state index contributed by atoms with van der Waals surface area (Å²) in [6, 6.07) is 1.32. The molecule has 0 aromatic carbocycles. The van der Waals surface area contributed by atoms with Crippen LogP contribution in [-0.2, 0) is 0 Å². The van der Waals surface area contributed by atoms with E-state index in [9.17, 15) is 8.78 Å². The average molecular weight is 289 g/mol. The largest absolute Gasteiger partial charge is 0.266 e. The second-order valence-electron chi connectivity index (χ2n) is 1.83. The minimum absolute atomic E-state index is 0.125. The van der Waals surface area contributed by atoms with Gasteiger partial charge < -0.3 is 0 Å². The number of alkyl halides is 2. The lowest BCUT2D eigenvalue weighted by molar-refractivity contribution is 0.151. The summed E-state index contributed by atoms with van der Waals surface area (Å²) >= 11 is 7.30. The molecule has 0 fully saturated rings. The van der Waals surface area contributed by atoms with Gasteiger partial charge in [-0.3, -0.25) is 0 Å². The first-order valence-corrected chi connectivity index (χ1v) is 4.16. The molecular weight excluding hydrogens is 286 g/mol. The summed E-state index contributed by atoms with van der Waals surface area (Å²) in [7, 11) is 0. The second-order valence-corrected chi connectivity index (χ2v) is 3.44. The van der Waals surface area contributed by atoms with Crippen molar-refractivity contribution in [1.82, 2.24) is 4.98 Å². The van der Waals surface area contributed by atoms with E-state index in [2.05, 4.69) is 4.98 Å². The number of hydrogen-bond acceptors (Lipinski definition) is 1. The van der Waals surface area contributed by atoms with E-state index in [1.54, 1.807) is 0 Å². The predicted molar refractivity (Wildman–Crippen MR) is 46.9 cm³/mol. The van der Waals surface area contributed by atoms with Crippen LogP contribution in [0.3, 0.4) is 0 Å². The standard InChI is InChI=1S/C6H3ClF2IN/c7-5-4(6(8)9)1-3(10)2-11-5/h1-2,6H. The smallest absolute Gasteiger partial charge is 0.243 e. The average Bonchev–Trinajstić information content (AvgIpc) is 1.94. The Bertz CT molecular complexity index is 267. The van der Waals surface area contributed by atoms with E-state index < -0.39 is 6.43 Å². The number of halogens is 4. The second kappa shape index (κ2) is 3.62. The molecule has 0 radical (unpaired) electrons. The maximum Gasteiger partial charge on any atom is 0.266 e. The van der Waals surface area contributed by atoms with E-state index in [0.717, 1.165) is 0 Å². The fourth-order valence-electron chi connectivity index (χ4n) is 0.591. The van der Waals surface area contributed by atoms with Crippen molar-refractivity contribution in [3.63, 3.8) is 0 Å². The van der Waals surface area contributed by atoms with Gasteiger partial charge in [-0.15, -0.1) is 0 Å². The Kier molecular flexibility index (Phi) is 3.00.